The van der Waals surface area contributed by atoms with Crippen molar-refractivity contribution in [2.45, 2.75) is 24.0 Å². The maximum atomic E-state index is 13.2. The molecule has 0 saturated carbocycles. The number of fused-ring (bicyclic) bond motifs is 1. The molecule has 210 valence electrons. The fraction of sp³-hybridized carbons (Fsp3) is 0.333. The highest BCUT2D eigenvalue weighted by Gasteiger charge is 2.21. The Labute approximate surface area is 238 Å². The topological polar surface area (TPSA) is 97.7 Å². The third kappa shape index (κ3) is 6.87. The van der Waals surface area contributed by atoms with Crippen molar-refractivity contribution in [2.24, 2.45) is 0 Å². The molecule has 0 atom stereocenters. The molecule has 10 heteroatoms. The van der Waals surface area contributed by atoms with Crippen LogP contribution in [0, 0.1) is 6.92 Å². The number of thiophene rings is 1. The zero-order valence-corrected chi connectivity index (χ0v) is 24.1. The van der Waals surface area contributed by atoms with Crippen LogP contribution in [0.25, 0.3) is 16.5 Å². The number of benzene rings is 2. The molecular formula is C30H33N3O5S2. The predicted octanol–water partition coefficient (Wildman–Crippen LogP) is 4.08. The number of anilines is 1. The van der Waals surface area contributed by atoms with Crippen LogP contribution in [0.3, 0.4) is 0 Å². The summed E-state index contributed by atoms with van der Waals surface area (Å²) in [5, 5.41) is 4.94. The summed E-state index contributed by atoms with van der Waals surface area (Å²) in [4.78, 5) is 29.0. The number of pyridine rings is 1. The first-order valence-electron chi connectivity index (χ1n) is 13.4. The summed E-state index contributed by atoms with van der Waals surface area (Å²) in [6.07, 6.45) is 2.80. The number of aryl methyl sites for hydroxylation is 1. The molecular weight excluding hydrogens is 546 g/mol. The Morgan fingerprint density at radius 3 is 2.52 bits per heavy atom. The minimum Gasteiger partial charge on any atom is -0.385 e. The van der Waals surface area contributed by atoms with Gasteiger partial charge in [0.25, 0.3) is 5.56 Å². The lowest BCUT2D eigenvalue weighted by atomic mass is 10.1. The second-order valence-corrected chi connectivity index (χ2v) is 13.5. The SMILES string of the molecule is Cc1ccc(S(=O)(=O)CC(=O)Cc2ccc(-n3ccc4cc(NCCCN5CCOCC5)ccc4c3=O)cc2)s1. The Balaban J connectivity index is 1.20. The van der Waals surface area contributed by atoms with Crippen molar-refractivity contribution in [1.29, 1.82) is 0 Å². The summed E-state index contributed by atoms with van der Waals surface area (Å²) in [5.74, 6) is -0.893. The molecule has 8 nitrogen and oxygen atoms in total. The summed E-state index contributed by atoms with van der Waals surface area (Å²) < 4.78 is 32.2. The fourth-order valence-electron chi connectivity index (χ4n) is 4.84. The van der Waals surface area contributed by atoms with Gasteiger partial charge in [0.15, 0.2) is 15.6 Å². The first-order valence-corrected chi connectivity index (χ1v) is 15.8. The van der Waals surface area contributed by atoms with Crippen molar-refractivity contribution in [2.75, 3.05) is 50.5 Å². The zero-order valence-electron chi connectivity index (χ0n) is 22.5. The summed E-state index contributed by atoms with van der Waals surface area (Å²) in [7, 11) is -3.64. The Hall–Kier alpha value is -3.31. The lowest BCUT2D eigenvalue weighted by molar-refractivity contribution is -0.116. The van der Waals surface area contributed by atoms with Crippen LogP contribution in [0.1, 0.15) is 16.9 Å². The van der Waals surface area contributed by atoms with Gasteiger partial charge in [0.2, 0.25) is 0 Å². The molecule has 0 aliphatic carbocycles. The molecule has 3 heterocycles. The van der Waals surface area contributed by atoms with Crippen LogP contribution in [-0.2, 0) is 25.8 Å². The summed E-state index contributed by atoms with van der Waals surface area (Å²) in [6.45, 7) is 7.32. The largest absolute Gasteiger partial charge is 0.385 e. The number of aromatic nitrogens is 1. The number of morpholine rings is 1. The Bertz CT molecular complexity index is 1650. The average Bonchev–Trinajstić information content (AvgIpc) is 3.39. The van der Waals surface area contributed by atoms with Crippen LogP contribution < -0.4 is 10.9 Å². The van der Waals surface area contributed by atoms with Crippen molar-refractivity contribution in [3.8, 4) is 5.69 Å². The molecule has 1 N–H and O–H groups in total. The molecule has 4 aromatic rings. The molecule has 0 bridgehead atoms. The van der Waals surface area contributed by atoms with E-state index < -0.39 is 15.6 Å². The monoisotopic (exact) mass is 579 g/mol. The minimum absolute atomic E-state index is 0.0126. The Kier molecular flexibility index (Phi) is 8.80. The lowest BCUT2D eigenvalue weighted by Gasteiger charge is -2.26. The van der Waals surface area contributed by atoms with Crippen molar-refractivity contribution in [3.05, 3.63) is 87.7 Å². The normalized spacial score (nSPS) is 14.4. The van der Waals surface area contributed by atoms with Gasteiger partial charge in [-0.15, -0.1) is 11.3 Å². The number of nitrogens with one attached hydrogen (secondary N) is 1. The highest BCUT2D eigenvalue weighted by Crippen LogP contribution is 2.22. The fourth-order valence-corrected chi connectivity index (χ4v) is 7.45. The number of rotatable bonds is 11. The first kappa shape index (κ1) is 28.2. The number of hydrogen-bond donors (Lipinski definition) is 1. The standard InChI is InChI=1S/C30H33N3O5S2/c1-22-3-10-29(39-22)40(36,37)21-27(34)19-23-4-7-26(8-5-23)33-14-11-24-20-25(6-9-28(24)30(33)35)31-12-2-13-32-15-17-38-18-16-32/h3-11,14,20,31H,2,12-13,15-19,21H2,1H3. The number of hydrogen-bond acceptors (Lipinski definition) is 8. The molecule has 1 aliphatic heterocycles. The molecule has 2 aromatic heterocycles. The quantitative estimate of drug-likeness (QED) is 0.268. The second kappa shape index (κ2) is 12.5. The van der Waals surface area contributed by atoms with E-state index in [1.54, 1.807) is 47.2 Å². The van der Waals surface area contributed by atoms with E-state index in [0.29, 0.717) is 16.6 Å². The van der Waals surface area contributed by atoms with Gasteiger partial charge >= 0.3 is 0 Å². The van der Waals surface area contributed by atoms with Gasteiger partial charge in [-0.2, -0.15) is 0 Å². The van der Waals surface area contributed by atoms with E-state index in [4.69, 9.17) is 4.74 Å². The highest BCUT2D eigenvalue weighted by atomic mass is 32.2. The highest BCUT2D eigenvalue weighted by molar-refractivity contribution is 7.94. The van der Waals surface area contributed by atoms with Gasteiger partial charge in [0, 0.05) is 53.9 Å². The third-order valence-electron chi connectivity index (χ3n) is 6.98. The van der Waals surface area contributed by atoms with Crippen molar-refractivity contribution in [3.63, 3.8) is 0 Å². The van der Waals surface area contributed by atoms with E-state index in [9.17, 15) is 18.0 Å². The predicted molar refractivity (Wildman–Crippen MR) is 160 cm³/mol. The smallest absolute Gasteiger partial charge is 0.262 e. The van der Waals surface area contributed by atoms with E-state index in [1.807, 2.05) is 31.2 Å². The Morgan fingerprint density at radius 1 is 1.02 bits per heavy atom. The van der Waals surface area contributed by atoms with Gasteiger partial charge in [-0.05, 0) is 79.4 Å². The number of carbonyl (C=O) groups excluding carboxylic acids is 1. The average molecular weight is 580 g/mol. The van der Waals surface area contributed by atoms with Crippen LogP contribution in [0.15, 0.2) is 75.9 Å². The molecule has 0 radical (unpaired) electrons. The van der Waals surface area contributed by atoms with E-state index in [1.165, 1.54) is 11.3 Å². The number of sulfone groups is 1. The number of Topliss-reactive ketones (excluding diaryl/α,β-unsaturated/α-hetero) is 1. The number of carbonyl (C=O) groups is 1. The number of ketones is 1. The first-order chi connectivity index (χ1) is 19.3. The van der Waals surface area contributed by atoms with Crippen molar-refractivity contribution >= 4 is 43.4 Å². The lowest BCUT2D eigenvalue weighted by Crippen LogP contribution is -2.37. The number of nitrogens with zero attached hydrogens (tertiary/aromatic N) is 2. The van der Waals surface area contributed by atoms with Gasteiger partial charge in [0.1, 0.15) is 9.96 Å². The van der Waals surface area contributed by atoms with Crippen LogP contribution in [0.5, 0.6) is 0 Å². The van der Waals surface area contributed by atoms with Gasteiger partial charge in [-0.3, -0.25) is 19.1 Å². The van der Waals surface area contributed by atoms with Crippen molar-refractivity contribution < 1.29 is 17.9 Å². The van der Waals surface area contributed by atoms with Gasteiger partial charge in [-0.1, -0.05) is 12.1 Å². The van der Waals surface area contributed by atoms with Gasteiger partial charge in [0.05, 0.1) is 13.2 Å². The van der Waals surface area contributed by atoms with Crippen LogP contribution in [0.4, 0.5) is 5.69 Å². The van der Waals surface area contributed by atoms with E-state index in [0.717, 1.165) is 61.8 Å². The molecule has 5 rings (SSSR count). The van der Waals surface area contributed by atoms with Gasteiger partial charge in [-0.25, -0.2) is 8.42 Å². The molecule has 2 aromatic carbocycles. The molecule has 0 unspecified atom stereocenters. The molecule has 40 heavy (non-hydrogen) atoms. The van der Waals surface area contributed by atoms with Crippen LogP contribution in [-0.4, -0.2) is 68.8 Å². The number of ether oxygens (including phenoxy) is 1. The maximum Gasteiger partial charge on any atom is 0.262 e. The summed E-state index contributed by atoms with van der Waals surface area (Å²) >= 11 is 1.17. The molecule has 1 fully saturated rings. The zero-order chi connectivity index (χ0) is 28.1. The summed E-state index contributed by atoms with van der Waals surface area (Å²) in [5.41, 5.74) is 2.23. The van der Waals surface area contributed by atoms with Crippen molar-refractivity contribution in [1.82, 2.24) is 9.47 Å². The maximum absolute atomic E-state index is 13.2. The van der Waals surface area contributed by atoms with E-state index >= 15 is 0 Å². The molecule has 0 spiro atoms. The Morgan fingerprint density at radius 2 is 1.80 bits per heavy atom. The van der Waals surface area contributed by atoms with Crippen LogP contribution >= 0.6 is 11.3 Å². The third-order valence-corrected chi connectivity index (χ3v) is 10.2. The minimum atomic E-state index is -3.64. The summed E-state index contributed by atoms with van der Waals surface area (Å²) in [6, 6.07) is 18.1. The molecule has 1 aliphatic rings. The van der Waals surface area contributed by atoms with E-state index in [2.05, 4.69) is 10.2 Å². The van der Waals surface area contributed by atoms with Crippen LogP contribution in [0.2, 0.25) is 0 Å². The second-order valence-electron chi connectivity index (χ2n) is 10.0. The molecule has 0 amide bonds. The van der Waals surface area contributed by atoms with Gasteiger partial charge < -0.3 is 10.1 Å². The molecule has 1 saturated heterocycles. The van der Waals surface area contributed by atoms with E-state index in [-0.39, 0.29) is 22.0 Å².